The summed E-state index contributed by atoms with van der Waals surface area (Å²) in [6.45, 7) is 1.38. The molecule has 0 heterocycles. The van der Waals surface area contributed by atoms with Gasteiger partial charge in [0.15, 0.2) is 0 Å². The van der Waals surface area contributed by atoms with Gasteiger partial charge in [-0.05, 0) is 30.8 Å². The van der Waals surface area contributed by atoms with Gasteiger partial charge >= 0.3 is 0 Å². The largest absolute Gasteiger partial charge is 0.493 e. The Morgan fingerprint density at radius 1 is 1.53 bits per heavy atom. The molecule has 0 fully saturated rings. The van der Waals surface area contributed by atoms with Crippen molar-refractivity contribution < 1.29 is 4.74 Å². The summed E-state index contributed by atoms with van der Waals surface area (Å²) in [6.07, 6.45) is 5.78. The fourth-order valence-electron chi connectivity index (χ4n) is 1.19. The van der Waals surface area contributed by atoms with Gasteiger partial charge in [-0.15, -0.1) is 12.3 Å². The fraction of sp³-hybridized carbons (Fsp3) is 0.333. The highest BCUT2D eigenvalue weighted by Gasteiger charge is 2.01. The standard InChI is InChI=1S/C12H14BrNO/c1-3-4-7-15-11-5-6-12(13)10(8-11)9-14-2/h1,5-6,8,14H,4,7,9H2,2H3. The van der Waals surface area contributed by atoms with Crippen LogP contribution in [0.5, 0.6) is 5.75 Å². The number of rotatable bonds is 5. The Hall–Kier alpha value is -0.980. The Kier molecular flexibility index (Phi) is 5.23. The molecule has 2 nitrogen and oxygen atoms in total. The van der Waals surface area contributed by atoms with E-state index in [1.165, 1.54) is 5.56 Å². The van der Waals surface area contributed by atoms with Gasteiger partial charge < -0.3 is 10.1 Å². The summed E-state index contributed by atoms with van der Waals surface area (Å²) in [5, 5.41) is 3.10. The third kappa shape index (κ3) is 3.94. The molecule has 1 aromatic carbocycles. The molecule has 0 amide bonds. The Balaban J connectivity index is 2.66. The molecule has 1 N–H and O–H groups in total. The number of benzene rings is 1. The van der Waals surface area contributed by atoms with Crippen LogP contribution in [0.3, 0.4) is 0 Å². The van der Waals surface area contributed by atoms with Crippen molar-refractivity contribution in [2.45, 2.75) is 13.0 Å². The van der Waals surface area contributed by atoms with E-state index < -0.39 is 0 Å². The van der Waals surface area contributed by atoms with Crippen molar-refractivity contribution in [3.63, 3.8) is 0 Å². The molecule has 0 unspecified atom stereocenters. The molecule has 0 saturated heterocycles. The van der Waals surface area contributed by atoms with Crippen LogP contribution in [-0.2, 0) is 6.54 Å². The van der Waals surface area contributed by atoms with E-state index in [0.717, 1.165) is 16.8 Å². The highest BCUT2D eigenvalue weighted by Crippen LogP contribution is 2.22. The maximum Gasteiger partial charge on any atom is 0.119 e. The van der Waals surface area contributed by atoms with Gasteiger partial charge in [-0.2, -0.15) is 0 Å². The summed E-state index contributed by atoms with van der Waals surface area (Å²) >= 11 is 3.49. The Labute approximate surface area is 99.2 Å². The normalized spacial score (nSPS) is 9.67. The Morgan fingerprint density at radius 2 is 2.33 bits per heavy atom. The first-order valence-corrected chi connectivity index (χ1v) is 5.56. The molecule has 0 bridgehead atoms. The van der Waals surface area contributed by atoms with Gasteiger partial charge in [0, 0.05) is 17.4 Å². The van der Waals surface area contributed by atoms with Crippen LogP contribution in [0.2, 0.25) is 0 Å². The second kappa shape index (κ2) is 6.49. The zero-order valence-electron chi connectivity index (χ0n) is 8.72. The molecule has 0 aliphatic carbocycles. The van der Waals surface area contributed by atoms with Crippen LogP contribution >= 0.6 is 15.9 Å². The van der Waals surface area contributed by atoms with Crippen molar-refractivity contribution >= 4 is 15.9 Å². The van der Waals surface area contributed by atoms with Gasteiger partial charge in [0.25, 0.3) is 0 Å². The van der Waals surface area contributed by atoms with Crippen LogP contribution in [0, 0.1) is 12.3 Å². The molecular formula is C12H14BrNO. The number of hydrogen-bond acceptors (Lipinski definition) is 2. The van der Waals surface area contributed by atoms with E-state index in [0.29, 0.717) is 13.0 Å². The lowest BCUT2D eigenvalue weighted by molar-refractivity contribution is 0.327. The lowest BCUT2D eigenvalue weighted by Crippen LogP contribution is -2.06. The molecule has 0 atom stereocenters. The number of hydrogen-bond donors (Lipinski definition) is 1. The lowest BCUT2D eigenvalue weighted by Gasteiger charge is -2.08. The van der Waals surface area contributed by atoms with E-state index in [1.807, 2.05) is 25.2 Å². The molecule has 0 saturated carbocycles. The molecule has 3 heteroatoms. The molecule has 0 aliphatic heterocycles. The van der Waals surface area contributed by atoms with E-state index in [-0.39, 0.29) is 0 Å². The molecule has 0 spiro atoms. The fourth-order valence-corrected chi connectivity index (χ4v) is 1.58. The highest BCUT2D eigenvalue weighted by molar-refractivity contribution is 9.10. The van der Waals surface area contributed by atoms with E-state index in [2.05, 4.69) is 27.2 Å². The highest BCUT2D eigenvalue weighted by atomic mass is 79.9. The summed E-state index contributed by atoms with van der Waals surface area (Å²) < 4.78 is 6.58. The second-order valence-electron chi connectivity index (χ2n) is 3.09. The van der Waals surface area contributed by atoms with Gasteiger partial charge in [0.2, 0.25) is 0 Å². The SMILES string of the molecule is C#CCCOc1ccc(Br)c(CNC)c1. The van der Waals surface area contributed by atoms with Gasteiger partial charge in [0.1, 0.15) is 5.75 Å². The van der Waals surface area contributed by atoms with Crippen molar-refractivity contribution in [1.29, 1.82) is 0 Å². The minimum Gasteiger partial charge on any atom is -0.493 e. The molecule has 80 valence electrons. The van der Waals surface area contributed by atoms with Crippen LogP contribution in [0.15, 0.2) is 22.7 Å². The quantitative estimate of drug-likeness (QED) is 0.654. The van der Waals surface area contributed by atoms with E-state index in [1.54, 1.807) is 0 Å². The predicted molar refractivity (Wildman–Crippen MR) is 65.9 cm³/mol. The maximum atomic E-state index is 5.50. The summed E-state index contributed by atoms with van der Waals surface area (Å²) in [5.74, 6) is 3.40. The van der Waals surface area contributed by atoms with Crippen LogP contribution in [0.1, 0.15) is 12.0 Å². The third-order valence-corrected chi connectivity index (χ3v) is 2.67. The minimum absolute atomic E-state index is 0.567. The maximum absolute atomic E-state index is 5.50. The Morgan fingerprint density at radius 3 is 3.00 bits per heavy atom. The average Bonchev–Trinajstić information content (AvgIpc) is 2.23. The first-order valence-electron chi connectivity index (χ1n) is 4.77. The summed E-state index contributed by atoms with van der Waals surface area (Å²) in [7, 11) is 1.91. The Bertz CT molecular complexity index is 357. The van der Waals surface area contributed by atoms with Crippen molar-refractivity contribution in [1.82, 2.24) is 5.32 Å². The average molecular weight is 268 g/mol. The monoisotopic (exact) mass is 267 g/mol. The van der Waals surface area contributed by atoms with Crippen LogP contribution in [-0.4, -0.2) is 13.7 Å². The van der Waals surface area contributed by atoms with Crippen LogP contribution in [0.25, 0.3) is 0 Å². The molecular weight excluding hydrogens is 254 g/mol. The number of terminal acetylenes is 1. The number of halogens is 1. The molecule has 1 rings (SSSR count). The van der Waals surface area contributed by atoms with Crippen LogP contribution in [0.4, 0.5) is 0 Å². The zero-order chi connectivity index (χ0) is 11.1. The molecule has 0 aliphatic rings. The molecule has 1 aromatic rings. The second-order valence-corrected chi connectivity index (χ2v) is 3.94. The molecule has 0 radical (unpaired) electrons. The zero-order valence-corrected chi connectivity index (χ0v) is 10.3. The number of nitrogens with one attached hydrogen (secondary N) is 1. The van der Waals surface area contributed by atoms with E-state index in [4.69, 9.17) is 11.2 Å². The van der Waals surface area contributed by atoms with Gasteiger partial charge in [-0.3, -0.25) is 0 Å². The lowest BCUT2D eigenvalue weighted by atomic mass is 10.2. The first-order chi connectivity index (χ1) is 7.27. The van der Waals surface area contributed by atoms with Crippen LogP contribution < -0.4 is 10.1 Å². The van der Waals surface area contributed by atoms with Crippen molar-refractivity contribution in [2.75, 3.05) is 13.7 Å². The van der Waals surface area contributed by atoms with Crippen molar-refractivity contribution in [2.24, 2.45) is 0 Å². The summed E-state index contributed by atoms with van der Waals surface area (Å²) in [6, 6.07) is 5.93. The van der Waals surface area contributed by atoms with E-state index >= 15 is 0 Å². The molecule has 0 aromatic heterocycles. The summed E-state index contributed by atoms with van der Waals surface area (Å²) in [4.78, 5) is 0. The van der Waals surface area contributed by atoms with E-state index in [9.17, 15) is 0 Å². The van der Waals surface area contributed by atoms with Gasteiger partial charge in [0.05, 0.1) is 6.61 Å². The smallest absolute Gasteiger partial charge is 0.119 e. The van der Waals surface area contributed by atoms with Crippen molar-refractivity contribution in [3.8, 4) is 18.1 Å². The first kappa shape index (κ1) is 12.1. The summed E-state index contributed by atoms with van der Waals surface area (Å²) in [5.41, 5.74) is 1.18. The van der Waals surface area contributed by atoms with Crippen molar-refractivity contribution in [3.05, 3.63) is 28.2 Å². The molecule has 15 heavy (non-hydrogen) atoms. The third-order valence-electron chi connectivity index (χ3n) is 1.90. The topological polar surface area (TPSA) is 21.3 Å². The number of ether oxygens (including phenoxy) is 1. The van der Waals surface area contributed by atoms with Gasteiger partial charge in [-0.25, -0.2) is 0 Å². The predicted octanol–water partition coefficient (Wildman–Crippen LogP) is 2.57. The van der Waals surface area contributed by atoms with Gasteiger partial charge in [-0.1, -0.05) is 15.9 Å². The minimum atomic E-state index is 0.567.